The van der Waals surface area contributed by atoms with Crippen molar-refractivity contribution in [1.29, 1.82) is 0 Å². The van der Waals surface area contributed by atoms with Crippen LogP contribution in [0.5, 0.6) is 0 Å². The van der Waals surface area contributed by atoms with Crippen molar-refractivity contribution in [3.05, 3.63) is 128 Å². The first-order chi connectivity index (χ1) is 19.3. The van der Waals surface area contributed by atoms with Gasteiger partial charge in [0.15, 0.2) is 0 Å². The van der Waals surface area contributed by atoms with Crippen LogP contribution in [0.2, 0.25) is 10.0 Å². The second kappa shape index (κ2) is 14.2. The number of carbonyl (C=O) groups excluding carboxylic acids is 3. The number of rotatable bonds is 9. The molecule has 0 bridgehead atoms. The van der Waals surface area contributed by atoms with Crippen molar-refractivity contribution in [3.63, 3.8) is 0 Å². The number of anilines is 2. The Labute approximate surface area is 254 Å². The highest BCUT2D eigenvalue weighted by Crippen LogP contribution is 2.30. The van der Waals surface area contributed by atoms with Gasteiger partial charge in [0.05, 0.1) is 21.5 Å². The minimum atomic E-state index is -0.500. The lowest BCUT2D eigenvalue weighted by atomic mass is 10.1. The highest BCUT2D eigenvalue weighted by Gasteiger charge is 2.16. The van der Waals surface area contributed by atoms with Crippen LogP contribution in [-0.2, 0) is 9.59 Å². The van der Waals surface area contributed by atoms with Crippen molar-refractivity contribution >= 4 is 86.1 Å². The third-order valence-corrected chi connectivity index (χ3v) is 7.68. The van der Waals surface area contributed by atoms with E-state index in [9.17, 15) is 14.4 Å². The van der Waals surface area contributed by atoms with Crippen LogP contribution in [0.4, 0.5) is 11.4 Å². The van der Waals surface area contributed by atoms with E-state index < -0.39 is 11.8 Å². The van der Waals surface area contributed by atoms with E-state index in [-0.39, 0.29) is 22.4 Å². The first kappa shape index (κ1) is 29.4. The molecule has 202 valence electrons. The highest BCUT2D eigenvalue weighted by atomic mass is 79.9. The number of amides is 3. The van der Waals surface area contributed by atoms with Crippen LogP contribution < -0.4 is 16.0 Å². The maximum atomic E-state index is 13.3. The van der Waals surface area contributed by atoms with E-state index in [1.807, 2.05) is 36.4 Å². The van der Waals surface area contributed by atoms with Crippen molar-refractivity contribution in [2.45, 2.75) is 4.90 Å². The average Bonchev–Trinajstić information content (AvgIpc) is 2.95. The first-order valence-electron chi connectivity index (χ1n) is 11.9. The van der Waals surface area contributed by atoms with Crippen molar-refractivity contribution in [2.24, 2.45) is 0 Å². The molecule has 0 unspecified atom stereocenters. The number of halogens is 3. The summed E-state index contributed by atoms with van der Waals surface area (Å²) in [6.45, 7) is 0. The molecule has 0 atom stereocenters. The summed E-state index contributed by atoms with van der Waals surface area (Å²) in [5, 5.41) is 8.93. The van der Waals surface area contributed by atoms with Crippen LogP contribution in [0.1, 0.15) is 15.9 Å². The average molecular weight is 655 g/mol. The highest BCUT2D eigenvalue weighted by molar-refractivity contribution is 9.10. The van der Waals surface area contributed by atoms with Gasteiger partial charge in [-0.2, -0.15) is 0 Å². The number of hydrogen-bond donors (Lipinski definition) is 3. The van der Waals surface area contributed by atoms with Crippen molar-refractivity contribution in [3.8, 4) is 0 Å². The molecule has 0 saturated heterocycles. The lowest BCUT2D eigenvalue weighted by Crippen LogP contribution is -2.30. The Morgan fingerprint density at radius 1 is 0.825 bits per heavy atom. The van der Waals surface area contributed by atoms with Crippen molar-refractivity contribution in [1.82, 2.24) is 5.32 Å². The lowest BCUT2D eigenvalue weighted by molar-refractivity contribution is -0.114. The zero-order valence-corrected chi connectivity index (χ0v) is 24.7. The number of thioether (sulfide) groups is 1. The quantitative estimate of drug-likeness (QED) is 0.127. The summed E-state index contributed by atoms with van der Waals surface area (Å²) in [4.78, 5) is 39.4. The van der Waals surface area contributed by atoms with E-state index in [0.29, 0.717) is 22.0 Å². The maximum Gasteiger partial charge on any atom is 0.272 e. The number of benzene rings is 4. The Morgan fingerprint density at radius 3 is 2.35 bits per heavy atom. The fourth-order valence-electron chi connectivity index (χ4n) is 3.50. The van der Waals surface area contributed by atoms with E-state index in [0.717, 1.165) is 14.9 Å². The number of nitrogens with one attached hydrogen (secondary N) is 3. The Hall–Kier alpha value is -3.56. The van der Waals surface area contributed by atoms with E-state index in [1.165, 1.54) is 11.8 Å². The summed E-state index contributed by atoms with van der Waals surface area (Å²) in [5.41, 5.74) is 2.16. The molecule has 4 aromatic carbocycles. The standard InChI is InChI=1S/C30H22BrCl2N3O3S/c31-21-10-4-7-19(15-21)16-26(36-29(38)20-8-2-1-3-9-20)30(39)34-22-11-5-12-23(17-22)40-18-27(37)35-25-14-6-13-24(32)28(25)33/h1-17H,18H2,(H,34,39)(H,35,37)(H,36,38)/b26-16+. The Morgan fingerprint density at radius 2 is 1.57 bits per heavy atom. The zero-order chi connectivity index (χ0) is 28.5. The largest absolute Gasteiger partial charge is 0.324 e. The molecule has 0 saturated carbocycles. The fraction of sp³-hybridized carbons (Fsp3) is 0.0333. The topological polar surface area (TPSA) is 87.3 Å². The molecular weight excluding hydrogens is 633 g/mol. The van der Waals surface area contributed by atoms with Gasteiger partial charge in [-0.3, -0.25) is 14.4 Å². The SMILES string of the molecule is O=C(CSc1cccc(NC(=O)/C(=C\c2cccc(Br)c2)NC(=O)c2ccccc2)c1)Nc1cccc(Cl)c1Cl. The van der Waals surface area contributed by atoms with Gasteiger partial charge in [0.2, 0.25) is 5.91 Å². The van der Waals surface area contributed by atoms with Crippen molar-refractivity contribution < 1.29 is 14.4 Å². The van der Waals surface area contributed by atoms with Crippen LogP contribution in [0.25, 0.3) is 6.08 Å². The van der Waals surface area contributed by atoms with Gasteiger partial charge in [-0.1, -0.05) is 81.6 Å². The molecule has 40 heavy (non-hydrogen) atoms. The van der Waals surface area contributed by atoms with Gasteiger partial charge in [-0.05, 0) is 66.2 Å². The normalized spacial score (nSPS) is 11.0. The van der Waals surface area contributed by atoms with E-state index in [2.05, 4.69) is 31.9 Å². The van der Waals surface area contributed by atoms with Gasteiger partial charge in [-0.25, -0.2) is 0 Å². The minimum absolute atomic E-state index is 0.0720. The molecule has 0 aliphatic carbocycles. The fourth-order valence-corrected chi connectivity index (χ4v) is 5.02. The molecule has 3 amide bonds. The third-order valence-electron chi connectivity index (χ3n) is 5.38. The summed E-state index contributed by atoms with van der Waals surface area (Å²) < 4.78 is 0.835. The Balaban J connectivity index is 1.45. The maximum absolute atomic E-state index is 13.3. The van der Waals surface area contributed by atoms with Crippen LogP contribution in [0.15, 0.2) is 112 Å². The molecule has 0 spiro atoms. The number of hydrogen-bond acceptors (Lipinski definition) is 4. The summed E-state index contributed by atoms with van der Waals surface area (Å²) in [7, 11) is 0. The van der Waals surface area contributed by atoms with E-state index in [4.69, 9.17) is 23.2 Å². The van der Waals surface area contributed by atoms with Gasteiger partial charge in [-0.15, -0.1) is 11.8 Å². The molecule has 0 aromatic heterocycles. The first-order valence-corrected chi connectivity index (χ1v) is 14.4. The second-order valence-corrected chi connectivity index (χ2v) is 11.1. The van der Waals surface area contributed by atoms with Crippen LogP contribution in [-0.4, -0.2) is 23.5 Å². The van der Waals surface area contributed by atoms with Gasteiger partial charge in [0.1, 0.15) is 5.70 Å². The Bertz CT molecular complexity index is 1580. The van der Waals surface area contributed by atoms with E-state index in [1.54, 1.807) is 66.7 Å². The molecule has 10 heteroatoms. The molecule has 4 aromatic rings. The van der Waals surface area contributed by atoms with Crippen LogP contribution in [0.3, 0.4) is 0 Å². The number of carbonyl (C=O) groups is 3. The molecule has 0 heterocycles. The molecule has 3 N–H and O–H groups in total. The predicted octanol–water partition coefficient (Wildman–Crippen LogP) is 7.90. The molecular formula is C30H22BrCl2N3O3S. The Kier molecular flexibility index (Phi) is 10.4. The smallest absolute Gasteiger partial charge is 0.272 e. The third kappa shape index (κ3) is 8.47. The molecule has 0 aliphatic rings. The van der Waals surface area contributed by atoms with Crippen LogP contribution >= 0.6 is 50.9 Å². The van der Waals surface area contributed by atoms with Gasteiger partial charge >= 0.3 is 0 Å². The summed E-state index contributed by atoms with van der Waals surface area (Å²) in [6.07, 6.45) is 1.60. The van der Waals surface area contributed by atoms with Crippen LogP contribution in [0, 0.1) is 0 Å². The second-order valence-electron chi connectivity index (χ2n) is 8.35. The minimum Gasteiger partial charge on any atom is -0.324 e. The summed E-state index contributed by atoms with van der Waals surface area (Å²) in [5.74, 6) is -1.06. The molecule has 6 nitrogen and oxygen atoms in total. The van der Waals surface area contributed by atoms with Gasteiger partial charge in [0, 0.05) is 20.6 Å². The van der Waals surface area contributed by atoms with Gasteiger partial charge in [0.25, 0.3) is 11.8 Å². The predicted molar refractivity (Wildman–Crippen MR) is 167 cm³/mol. The lowest BCUT2D eigenvalue weighted by Gasteiger charge is -2.12. The monoisotopic (exact) mass is 653 g/mol. The summed E-state index contributed by atoms with van der Waals surface area (Å²) in [6, 6.07) is 28.1. The molecule has 4 rings (SSSR count). The van der Waals surface area contributed by atoms with E-state index >= 15 is 0 Å². The summed E-state index contributed by atoms with van der Waals surface area (Å²) >= 11 is 16.9. The molecule has 0 aliphatic heterocycles. The molecule has 0 radical (unpaired) electrons. The van der Waals surface area contributed by atoms with Gasteiger partial charge < -0.3 is 16.0 Å². The molecule has 0 fully saturated rings. The van der Waals surface area contributed by atoms with Crippen molar-refractivity contribution in [2.75, 3.05) is 16.4 Å². The zero-order valence-electron chi connectivity index (χ0n) is 20.8.